The van der Waals surface area contributed by atoms with E-state index >= 15 is 0 Å². The fourth-order valence-corrected chi connectivity index (χ4v) is 1.37. The number of nitrogens with one attached hydrogen (secondary N) is 1. The molecular formula is C13H17N. The van der Waals surface area contributed by atoms with Crippen LogP contribution in [0.25, 0.3) is 0 Å². The Hall–Kier alpha value is -1.26. The predicted molar refractivity (Wildman–Crippen MR) is 61.0 cm³/mol. The number of unbranched alkanes of at least 4 members (excludes halogenated alkanes) is 1. The Kier molecular flexibility index (Phi) is 4.82. The highest BCUT2D eigenvalue weighted by atomic mass is 14.8. The molecule has 0 atom stereocenters. The van der Waals surface area contributed by atoms with Crippen LogP contribution < -0.4 is 5.32 Å². The Balaban J connectivity index is 2.22. The van der Waals surface area contributed by atoms with Crippen LogP contribution in [0.5, 0.6) is 0 Å². The van der Waals surface area contributed by atoms with Crippen molar-refractivity contribution >= 4 is 0 Å². The molecule has 74 valence electrons. The lowest BCUT2D eigenvalue weighted by Crippen LogP contribution is -2.14. The van der Waals surface area contributed by atoms with Gasteiger partial charge in [-0.1, -0.05) is 29.8 Å². The normalized spacial score (nSPS) is 9.71. The van der Waals surface area contributed by atoms with Gasteiger partial charge in [0.05, 0.1) is 0 Å². The van der Waals surface area contributed by atoms with E-state index in [1.54, 1.807) is 0 Å². The molecular weight excluding hydrogens is 170 g/mol. The number of hydrogen-bond donors (Lipinski definition) is 1. The predicted octanol–water partition coefficient (Wildman–Crippen LogP) is 2.50. The molecule has 0 saturated heterocycles. The Bertz CT molecular complexity index is 309. The van der Waals surface area contributed by atoms with Crippen LogP contribution in [0.2, 0.25) is 0 Å². The third kappa shape index (κ3) is 4.11. The Morgan fingerprint density at radius 2 is 2.29 bits per heavy atom. The van der Waals surface area contributed by atoms with Gasteiger partial charge in [0.25, 0.3) is 0 Å². The average Bonchev–Trinajstić information content (AvgIpc) is 2.18. The molecule has 0 saturated carbocycles. The Morgan fingerprint density at radius 1 is 1.43 bits per heavy atom. The maximum atomic E-state index is 5.16. The van der Waals surface area contributed by atoms with Gasteiger partial charge in [0.2, 0.25) is 0 Å². The fraction of sp³-hybridized carbons (Fsp3) is 0.385. The molecule has 0 radical (unpaired) electrons. The molecule has 0 bridgehead atoms. The number of rotatable bonds is 5. The van der Waals surface area contributed by atoms with Crippen molar-refractivity contribution in [1.29, 1.82) is 0 Å². The maximum Gasteiger partial charge on any atom is 0.0205 e. The zero-order valence-corrected chi connectivity index (χ0v) is 8.72. The zero-order valence-electron chi connectivity index (χ0n) is 8.72. The molecule has 0 aliphatic heterocycles. The summed E-state index contributed by atoms with van der Waals surface area (Å²) in [5.74, 6) is 2.64. The summed E-state index contributed by atoms with van der Waals surface area (Å²) in [5.41, 5.74) is 2.65. The van der Waals surface area contributed by atoms with Gasteiger partial charge >= 0.3 is 0 Å². The summed E-state index contributed by atoms with van der Waals surface area (Å²) >= 11 is 0. The van der Waals surface area contributed by atoms with Crippen molar-refractivity contribution < 1.29 is 0 Å². The topological polar surface area (TPSA) is 12.0 Å². The van der Waals surface area contributed by atoms with Crippen molar-refractivity contribution in [3.63, 3.8) is 0 Å². The van der Waals surface area contributed by atoms with E-state index < -0.39 is 0 Å². The van der Waals surface area contributed by atoms with E-state index in [1.807, 2.05) is 0 Å². The molecule has 1 rings (SSSR count). The van der Waals surface area contributed by atoms with Gasteiger partial charge in [0.15, 0.2) is 0 Å². The molecule has 0 amide bonds. The third-order valence-corrected chi connectivity index (χ3v) is 2.09. The molecule has 0 aliphatic rings. The molecule has 1 aromatic rings. The first-order valence-electron chi connectivity index (χ1n) is 5.02. The van der Waals surface area contributed by atoms with Crippen LogP contribution in [0.1, 0.15) is 24.0 Å². The molecule has 1 N–H and O–H groups in total. The lowest BCUT2D eigenvalue weighted by atomic mass is 10.1. The highest BCUT2D eigenvalue weighted by Gasteiger charge is 1.92. The van der Waals surface area contributed by atoms with Gasteiger partial charge < -0.3 is 5.32 Å². The van der Waals surface area contributed by atoms with E-state index in [2.05, 4.69) is 42.4 Å². The van der Waals surface area contributed by atoms with Gasteiger partial charge in [-0.3, -0.25) is 0 Å². The average molecular weight is 187 g/mol. The van der Waals surface area contributed by atoms with Crippen molar-refractivity contribution in [2.24, 2.45) is 0 Å². The molecule has 0 fully saturated rings. The summed E-state index contributed by atoms with van der Waals surface area (Å²) in [6.45, 7) is 4.05. The van der Waals surface area contributed by atoms with Crippen LogP contribution in [0.3, 0.4) is 0 Å². The molecule has 0 unspecified atom stereocenters. The molecule has 1 aromatic carbocycles. The number of terminal acetylenes is 1. The number of hydrogen-bond acceptors (Lipinski definition) is 1. The molecule has 1 heteroatoms. The van der Waals surface area contributed by atoms with Crippen molar-refractivity contribution in [3.8, 4) is 12.3 Å². The van der Waals surface area contributed by atoms with E-state index in [-0.39, 0.29) is 0 Å². The van der Waals surface area contributed by atoms with Gasteiger partial charge in [-0.25, -0.2) is 0 Å². The van der Waals surface area contributed by atoms with Gasteiger partial charge in [-0.05, 0) is 25.5 Å². The molecule has 0 heterocycles. The smallest absolute Gasteiger partial charge is 0.0205 e. The quantitative estimate of drug-likeness (QED) is 0.551. The van der Waals surface area contributed by atoms with E-state index in [9.17, 15) is 0 Å². The zero-order chi connectivity index (χ0) is 10.2. The first-order valence-corrected chi connectivity index (χ1v) is 5.02. The van der Waals surface area contributed by atoms with Crippen LogP contribution >= 0.6 is 0 Å². The minimum atomic E-state index is 0.862. The van der Waals surface area contributed by atoms with Crippen molar-refractivity contribution in [1.82, 2.24) is 5.32 Å². The first-order chi connectivity index (χ1) is 6.83. The van der Waals surface area contributed by atoms with Crippen molar-refractivity contribution in [2.45, 2.75) is 26.3 Å². The third-order valence-electron chi connectivity index (χ3n) is 2.09. The molecule has 0 spiro atoms. The summed E-state index contributed by atoms with van der Waals surface area (Å²) in [6.07, 6.45) is 7.08. The number of benzene rings is 1. The molecule has 0 aromatic heterocycles. The summed E-state index contributed by atoms with van der Waals surface area (Å²) in [6, 6.07) is 8.55. The second-order valence-electron chi connectivity index (χ2n) is 3.47. The van der Waals surface area contributed by atoms with Crippen LogP contribution in [0.4, 0.5) is 0 Å². The highest BCUT2D eigenvalue weighted by Crippen LogP contribution is 2.03. The van der Waals surface area contributed by atoms with Crippen LogP contribution in [0.15, 0.2) is 24.3 Å². The monoisotopic (exact) mass is 187 g/mol. The molecule has 14 heavy (non-hydrogen) atoms. The Labute approximate surface area is 86.5 Å². The van der Waals surface area contributed by atoms with E-state index in [0.717, 1.165) is 25.9 Å². The second-order valence-corrected chi connectivity index (χ2v) is 3.47. The Morgan fingerprint density at radius 3 is 3.00 bits per heavy atom. The highest BCUT2D eigenvalue weighted by molar-refractivity contribution is 5.21. The first kappa shape index (κ1) is 10.8. The van der Waals surface area contributed by atoms with E-state index in [1.165, 1.54) is 11.1 Å². The van der Waals surface area contributed by atoms with E-state index in [4.69, 9.17) is 6.42 Å². The van der Waals surface area contributed by atoms with Crippen LogP contribution in [-0.2, 0) is 6.54 Å². The van der Waals surface area contributed by atoms with Crippen LogP contribution in [0, 0.1) is 19.3 Å². The summed E-state index contributed by atoms with van der Waals surface area (Å²) < 4.78 is 0. The van der Waals surface area contributed by atoms with Crippen LogP contribution in [-0.4, -0.2) is 6.54 Å². The van der Waals surface area contributed by atoms with Gasteiger partial charge in [0.1, 0.15) is 0 Å². The fourth-order valence-electron chi connectivity index (χ4n) is 1.37. The van der Waals surface area contributed by atoms with Gasteiger partial charge in [-0.2, -0.15) is 0 Å². The summed E-state index contributed by atoms with van der Waals surface area (Å²) in [4.78, 5) is 0. The summed E-state index contributed by atoms with van der Waals surface area (Å²) in [7, 11) is 0. The summed E-state index contributed by atoms with van der Waals surface area (Å²) in [5, 5.41) is 3.37. The lowest BCUT2D eigenvalue weighted by Gasteiger charge is -2.04. The number of aryl methyl sites for hydroxylation is 1. The van der Waals surface area contributed by atoms with Gasteiger partial charge in [0, 0.05) is 13.0 Å². The molecule has 1 nitrogen and oxygen atoms in total. The SMILES string of the molecule is C#CCCCNCc1cccc(C)c1. The maximum absolute atomic E-state index is 5.16. The van der Waals surface area contributed by atoms with E-state index in [0.29, 0.717) is 0 Å². The van der Waals surface area contributed by atoms with Gasteiger partial charge in [-0.15, -0.1) is 12.3 Å². The minimum absolute atomic E-state index is 0.862. The van der Waals surface area contributed by atoms with Crippen molar-refractivity contribution in [2.75, 3.05) is 6.54 Å². The minimum Gasteiger partial charge on any atom is -0.313 e. The molecule has 0 aliphatic carbocycles. The second kappa shape index (κ2) is 6.23. The standard InChI is InChI=1S/C13H17N/c1-3-4-5-9-14-11-13-8-6-7-12(2)10-13/h1,6-8,10,14H,4-5,9,11H2,2H3. The largest absolute Gasteiger partial charge is 0.313 e. The van der Waals surface area contributed by atoms with Crippen molar-refractivity contribution in [3.05, 3.63) is 35.4 Å². The lowest BCUT2D eigenvalue weighted by molar-refractivity contribution is 0.659.